The number of hydrogen-bond donors (Lipinski definition) is 1. The van der Waals surface area contributed by atoms with E-state index in [4.69, 9.17) is 4.74 Å². The number of ether oxygens (including phenoxy) is 1. The van der Waals surface area contributed by atoms with Crippen molar-refractivity contribution in [1.29, 1.82) is 0 Å². The van der Waals surface area contributed by atoms with Crippen LogP contribution in [0.4, 0.5) is 11.4 Å². The SMILES string of the molecule is CCC1Oc2ccc(-c3csc(C)n3)cc2N(CC(=O)Nc2ccccc2)C1=O. The molecule has 0 saturated heterocycles. The highest BCUT2D eigenvalue weighted by atomic mass is 32.1. The van der Waals surface area contributed by atoms with Crippen molar-refractivity contribution in [3.05, 3.63) is 58.9 Å². The summed E-state index contributed by atoms with van der Waals surface area (Å²) >= 11 is 1.57. The number of anilines is 2. The van der Waals surface area contributed by atoms with Gasteiger partial charge in [-0.2, -0.15) is 0 Å². The first kappa shape index (κ1) is 19.1. The summed E-state index contributed by atoms with van der Waals surface area (Å²) in [5.74, 6) is 0.122. The van der Waals surface area contributed by atoms with Gasteiger partial charge in [-0.1, -0.05) is 25.1 Å². The van der Waals surface area contributed by atoms with Crippen LogP contribution in [0.3, 0.4) is 0 Å². The van der Waals surface area contributed by atoms with Crippen molar-refractivity contribution in [2.75, 3.05) is 16.8 Å². The van der Waals surface area contributed by atoms with Crippen LogP contribution in [0, 0.1) is 6.92 Å². The van der Waals surface area contributed by atoms with Crippen LogP contribution >= 0.6 is 11.3 Å². The third-order valence-corrected chi connectivity index (χ3v) is 5.48. The van der Waals surface area contributed by atoms with Gasteiger partial charge in [0.15, 0.2) is 6.10 Å². The Morgan fingerprint density at radius 2 is 2.03 bits per heavy atom. The van der Waals surface area contributed by atoms with Gasteiger partial charge in [0, 0.05) is 16.6 Å². The number of thiazole rings is 1. The van der Waals surface area contributed by atoms with Gasteiger partial charge in [0.05, 0.1) is 16.4 Å². The fraction of sp³-hybridized carbons (Fsp3) is 0.227. The molecule has 2 amide bonds. The highest BCUT2D eigenvalue weighted by Crippen LogP contribution is 2.38. The molecule has 1 atom stereocenters. The molecule has 0 radical (unpaired) electrons. The molecule has 1 aliphatic heterocycles. The number of aryl methyl sites for hydroxylation is 1. The number of aromatic nitrogens is 1. The third kappa shape index (κ3) is 4.00. The molecule has 1 unspecified atom stereocenters. The molecular formula is C22H21N3O3S. The normalized spacial score (nSPS) is 15.6. The average molecular weight is 407 g/mol. The predicted molar refractivity (Wildman–Crippen MR) is 114 cm³/mol. The third-order valence-electron chi connectivity index (χ3n) is 4.71. The Bertz CT molecular complexity index is 1050. The van der Waals surface area contributed by atoms with Crippen molar-refractivity contribution >= 4 is 34.5 Å². The number of rotatable bonds is 5. The molecule has 1 aromatic heterocycles. The lowest BCUT2D eigenvalue weighted by Crippen LogP contribution is -2.48. The highest BCUT2D eigenvalue weighted by molar-refractivity contribution is 7.09. The topological polar surface area (TPSA) is 71.5 Å². The summed E-state index contributed by atoms with van der Waals surface area (Å²) in [5.41, 5.74) is 3.00. The number of carbonyl (C=O) groups is 2. The number of fused-ring (bicyclic) bond motifs is 1. The molecule has 7 heteroatoms. The summed E-state index contributed by atoms with van der Waals surface area (Å²) < 4.78 is 5.88. The molecule has 4 rings (SSSR count). The van der Waals surface area contributed by atoms with Gasteiger partial charge >= 0.3 is 0 Å². The van der Waals surface area contributed by atoms with E-state index in [0.717, 1.165) is 16.3 Å². The second kappa shape index (κ2) is 8.05. The maximum atomic E-state index is 13.0. The van der Waals surface area contributed by atoms with E-state index < -0.39 is 6.10 Å². The van der Waals surface area contributed by atoms with Gasteiger partial charge in [0.25, 0.3) is 5.91 Å². The summed E-state index contributed by atoms with van der Waals surface area (Å²) in [6, 6.07) is 14.8. The molecule has 148 valence electrons. The summed E-state index contributed by atoms with van der Waals surface area (Å²) in [7, 11) is 0. The Kier molecular flexibility index (Phi) is 5.31. The molecule has 0 saturated carbocycles. The minimum atomic E-state index is -0.598. The van der Waals surface area contributed by atoms with Crippen LogP contribution in [0.2, 0.25) is 0 Å². The second-order valence-corrected chi connectivity index (χ2v) is 7.85. The van der Waals surface area contributed by atoms with Gasteiger partial charge in [-0.3, -0.25) is 14.5 Å². The molecule has 1 aliphatic rings. The molecule has 0 bridgehead atoms. The minimum absolute atomic E-state index is 0.0832. The van der Waals surface area contributed by atoms with E-state index in [2.05, 4.69) is 10.3 Å². The van der Waals surface area contributed by atoms with Crippen molar-refractivity contribution in [3.8, 4) is 17.0 Å². The predicted octanol–water partition coefficient (Wildman–Crippen LogP) is 4.26. The fourth-order valence-corrected chi connectivity index (χ4v) is 3.89. The zero-order valence-electron chi connectivity index (χ0n) is 16.2. The lowest BCUT2D eigenvalue weighted by atomic mass is 10.1. The van der Waals surface area contributed by atoms with Gasteiger partial charge in [0.1, 0.15) is 12.3 Å². The largest absolute Gasteiger partial charge is 0.478 e. The first-order chi connectivity index (χ1) is 14.0. The maximum absolute atomic E-state index is 13.0. The van der Waals surface area contributed by atoms with Crippen molar-refractivity contribution < 1.29 is 14.3 Å². The number of para-hydroxylation sites is 1. The van der Waals surface area contributed by atoms with Gasteiger partial charge in [0.2, 0.25) is 5.91 Å². The van der Waals surface area contributed by atoms with Crippen molar-refractivity contribution in [1.82, 2.24) is 4.98 Å². The number of hydrogen-bond acceptors (Lipinski definition) is 5. The van der Waals surface area contributed by atoms with Gasteiger partial charge < -0.3 is 10.1 Å². The van der Waals surface area contributed by atoms with E-state index in [1.807, 2.05) is 67.8 Å². The minimum Gasteiger partial charge on any atom is -0.478 e. The molecule has 0 aliphatic carbocycles. The molecule has 2 heterocycles. The molecule has 3 aromatic rings. The Morgan fingerprint density at radius 3 is 2.72 bits per heavy atom. The maximum Gasteiger partial charge on any atom is 0.268 e. The number of benzene rings is 2. The molecular weight excluding hydrogens is 386 g/mol. The average Bonchev–Trinajstić information content (AvgIpc) is 3.16. The Labute approximate surface area is 173 Å². The summed E-state index contributed by atoms with van der Waals surface area (Å²) in [6.45, 7) is 3.76. The van der Waals surface area contributed by atoms with Crippen LogP contribution in [-0.2, 0) is 9.59 Å². The first-order valence-electron chi connectivity index (χ1n) is 9.44. The number of carbonyl (C=O) groups excluding carboxylic acids is 2. The smallest absolute Gasteiger partial charge is 0.268 e. The lowest BCUT2D eigenvalue weighted by molar-refractivity contribution is -0.128. The van der Waals surface area contributed by atoms with E-state index in [1.54, 1.807) is 11.3 Å². The molecule has 6 nitrogen and oxygen atoms in total. The van der Waals surface area contributed by atoms with Crippen molar-refractivity contribution in [2.45, 2.75) is 26.4 Å². The van der Waals surface area contributed by atoms with Crippen LogP contribution in [0.25, 0.3) is 11.3 Å². The monoisotopic (exact) mass is 407 g/mol. The van der Waals surface area contributed by atoms with E-state index in [9.17, 15) is 9.59 Å². The highest BCUT2D eigenvalue weighted by Gasteiger charge is 2.34. The Balaban J connectivity index is 1.65. The fourth-order valence-electron chi connectivity index (χ4n) is 3.27. The molecule has 29 heavy (non-hydrogen) atoms. The quantitative estimate of drug-likeness (QED) is 0.686. The van der Waals surface area contributed by atoms with Crippen LogP contribution in [0.1, 0.15) is 18.4 Å². The second-order valence-electron chi connectivity index (χ2n) is 6.79. The summed E-state index contributed by atoms with van der Waals surface area (Å²) in [5, 5.41) is 5.78. The van der Waals surface area contributed by atoms with E-state index in [0.29, 0.717) is 23.5 Å². The van der Waals surface area contributed by atoms with Crippen LogP contribution in [0.15, 0.2) is 53.9 Å². The summed E-state index contributed by atoms with van der Waals surface area (Å²) in [4.78, 5) is 31.6. The van der Waals surface area contributed by atoms with E-state index in [-0.39, 0.29) is 18.4 Å². The van der Waals surface area contributed by atoms with E-state index >= 15 is 0 Å². The van der Waals surface area contributed by atoms with Gasteiger partial charge in [-0.25, -0.2) is 4.98 Å². The molecule has 2 aromatic carbocycles. The lowest BCUT2D eigenvalue weighted by Gasteiger charge is -2.34. The zero-order valence-corrected chi connectivity index (χ0v) is 17.0. The van der Waals surface area contributed by atoms with Crippen LogP contribution < -0.4 is 15.0 Å². The Hall–Kier alpha value is -3.19. The molecule has 0 fully saturated rings. The van der Waals surface area contributed by atoms with Crippen LogP contribution in [0.5, 0.6) is 5.75 Å². The number of nitrogens with zero attached hydrogens (tertiary/aromatic N) is 2. The zero-order chi connectivity index (χ0) is 20.4. The molecule has 0 spiro atoms. The van der Waals surface area contributed by atoms with Crippen molar-refractivity contribution in [2.24, 2.45) is 0 Å². The standard InChI is InChI=1S/C22H21N3O3S/c1-3-19-22(27)25(12-21(26)24-16-7-5-4-6-8-16)18-11-15(9-10-20(18)28-19)17-13-29-14(2)23-17/h4-11,13,19H,3,12H2,1-2H3,(H,24,26). The van der Waals surface area contributed by atoms with Crippen LogP contribution in [-0.4, -0.2) is 29.4 Å². The van der Waals surface area contributed by atoms with Gasteiger partial charge in [-0.05, 0) is 43.7 Å². The Morgan fingerprint density at radius 1 is 1.24 bits per heavy atom. The number of nitrogens with one attached hydrogen (secondary N) is 1. The van der Waals surface area contributed by atoms with Gasteiger partial charge in [-0.15, -0.1) is 11.3 Å². The summed E-state index contributed by atoms with van der Waals surface area (Å²) in [6.07, 6.45) is -0.0679. The first-order valence-corrected chi connectivity index (χ1v) is 10.3. The number of amides is 2. The molecule has 1 N–H and O–H groups in total. The van der Waals surface area contributed by atoms with E-state index in [1.165, 1.54) is 4.90 Å². The van der Waals surface area contributed by atoms with Crippen molar-refractivity contribution in [3.63, 3.8) is 0 Å².